The summed E-state index contributed by atoms with van der Waals surface area (Å²) in [4.78, 5) is 10.8. The summed E-state index contributed by atoms with van der Waals surface area (Å²) in [5.74, 6) is 1.39. The fraction of sp³-hybridized carbons (Fsp3) is 0.636. The van der Waals surface area contributed by atoms with Crippen molar-refractivity contribution in [2.24, 2.45) is 16.6 Å². The first kappa shape index (κ1) is 14.7. The van der Waals surface area contributed by atoms with Crippen LogP contribution in [0.4, 0.5) is 0 Å². The molecule has 4 nitrogen and oxygen atoms in total. The summed E-state index contributed by atoms with van der Waals surface area (Å²) < 4.78 is 0. The lowest BCUT2D eigenvalue weighted by atomic mass is 10.0. The van der Waals surface area contributed by atoms with Gasteiger partial charge in [0, 0.05) is 24.7 Å². The highest BCUT2D eigenvalue weighted by atomic mass is 127. The summed E-state index contributed by atoms with van der Waals surface area (Å²) in [6, 6.07) is 0. The van der Waals surface area contributed by atoms with Crippen molar-refractivity contribution in [2.75, 3.05) is 13.1 Å². The van der Waals surface area contributed by atoms with Gasteiger partial charge in [0.25, 0.3) is 0 Å². The SMILES string of the molecule is CC1CCCN(C(N)=NCc2nccs2)C1.I. The van der Waals surface area contributed by atoms with Crippen molar-refractivity contribution in [3.8, 4) is 0 Å². The van der Waals surface area contributed by atoms with Crippen LogP contribution in [0.3, 0.4) is 0 Å². The molecule has 1 unspecified atom stereocenters. The number of nitrogens with zero attached hydrogens (tertiary/aromatic N) is 3. The molecule has 1 aliphatic heterocycles. The van der Waals surface area contributed by atoms with E-state index in [4.69, 9.17) is 5.73 Å². The van der Waals surface area contributed by atoms with E-state index < -0.39 is 0 Å². The standard InChI is InChI=1S/C11H18N4S.HI/c1-9-3-2-5-15(8-9)11(12)14-7-10-13-4-6-16-10;/h4,6,9H,2-3,5,7-8H2,1H3,(H2,12,14);1H. The van der Waals surface area contributed by atoms with E-state index in [1.54, 1.807) is 17.5 Å². The first-order valence-corrected chi connectivity index (χ1v) is 6.57. The van der Waals surface area contributed by atoms with E-state index in [-0.39, 0.29) is 24.0 Å². The van der Waals surface area contributed by atoms with E-state index in [0.29, 0.717) is 12.5 Å². The van der Waals surface area contributed by atoms with Gasteiger partial charge in [-0.25, -0.2) is 9.98 Å². The minimum absolute atomic E-state index is 0. The molecular weight excluding hydrogens is 347 g/mol. The van der Waals surface area contributed by atoms with E-state index in [9.17, 15) is 0 Å². The van der Waals surface area contributed by atoms with Crippen molar-refractivity contribution >= 4 is 41.3 Å². The third kappa shape index (κ3) is 4.42. The van der Waals surface area contributed by atoms with Gasteiger partial charge < -0.3 is 10.6 Å². The predicted molar refractivity (Wildman–Crippen MR) is 82.8 cm³/mol. The van der Waals surface area contributed by atoms with Gasteiger partial charge in [-0.2, -0.15) is 0 Å². The molecule has 0 radical (unpaired) electrons. The summed E-state index contributed by atoms with van der Waals surface area (Å²) in [7, 11) is 0. The second kappa shape index (κ2) is 7.15. The van der Waals surface area contributed by atoms with Crippen molar-refractivity contribution in [2.45, 2.75) is 26.3 Å². The Kier molecular flexibility index (Phi) is 6.18. The molecule has 6 heteroatoms. The topological polar surface area (TPSA) is 54.5 Å². The molecular formula is C11H19IN4S. The average molecular weight is 366 g/mol. The monoisotopic (exact) mass is 366 g/mol. The maximum atomic E-state index is 5.98. The number of rotatable bonds is 2. The molecule has 0 amide bonds. The molecule has 1 atom stereocenters. The summed E-state index contributed by atoms with van der Waals surface area (Å²) in [5, 5.41) is 2.98. The zero-order valence-corrected chi connectivity index (χ0v) is 13.1. The molecule has 0 aromatic carbocycles. The largest absolute Gasteiger partial charge is 0.370 e. The Morgan fingerprint density at radius 1 is 1.71 bits per heavy atom. The van der Waals surface area contributed by atoms with Gasteiger partial charge in [-0.3, -0.25) is 0 Å². The maximum absolute atomic E-state index is 5.98. The second-order valence-electron chi connectivity index (χ2n) is 4.29. The van der Waals surface area contributed by atoms with Gasteiger partial charge in [0.2, 0.25) is 0 Å². The molecule has 0 aliphatic carbocycles. The normalized spacial score (nSPS) is 21.1. The van der Waals surface area contributed by atoms with E-state index in [2.05, 4.69) is 21.8 Å². The lowest BCUT2D eigenvalue weighted by Gasteiger charge is -2.31. The number of hydrogen-bond donors (Lipinski definition) is 1. The predicted octanol–water partition coefficient (Wildman–Crippen LogP) is 2.31. The average Bonchev–Trinajstić information content (AvgIpc) is 2.78. The zero-order chi connectivity index (χ0) is 11.4. The number of hydrogen-bond acceptors (Lipinski definition) is 3. The van der Waals surface area contributed by atoms with Gasteiger partial charge in [-0.1, -0.05) is 6.92 Å². The van der Waals surface area contributed by atoms with E-state index in [1.165, 1.54) is 12.8 Å². The number of nitrogens with two attached hydrogens (primary N) is 1. The number of halogens is 1. The number of thiazole rings is 1. The van der Waals surface area contributed by atoms with Crippen LogP contribution in [0.2, 0.25) is 0 Å². The van der Waals surface area contributed by atoms with Crippen molar-refractivity contribution in [3.63, 3.8) is 0 Å². The molecule has 1 aliphatic rings. The van der Waals surface area contributed by atoms with Crippen molar-refractivity contribution in [3.05, 3.63) is 16.6 Å². The number of aliphatic imine (C=N–C) groups is 1. The minimum Gasteiger partial charge on any atom is -0.370 e. The van der Waals surface area contributed by atoms with Crippen LogP contribution < -0.4 is 5.73 Å². The Labute approximate surface area is 123 Å². The number of aromatic nitrogens is 1. The molecule has 17 heavy (non-hydrogen) atoms. The van der Waals surface area contributed by atoms with Crippen LogP contribution in [0.1, 0.15) is 24.8 Å². The van der Waals surface area contributed by atoms with Crippen molar-refractivity contribution in [1.29, 1.82) is 0 Å². The first-order valence-electron chi connectivity index (χ1n) is 5.69. The van der Waals surface area contributed by atoms with Crippen molar-refractivity contribution in [1.82, 2.24) is 9.88 Å². The van der Waals surface area contributed by atoms with Crippen LogP contribution in [0.5, 0.6) is 0 Å². The summed E-state index contributed by atoms with van der Waals surface area (Å²) in [5.41, 5.74) is 5.98. The molecule has 1 aromatic heterocycles. The molecule has 2 rings (SSSR count). The molecule has 0 saturated carbocycles. The Morgan fingerprint density at radius 2 is 2.53 bits per heavy atom. The first-order chi connectivity index (χ1) is 7.75. The zero-order valence-electron chi connectivity index (χ0n) is 10.0. The fourth-order valence-electron chi connectivity index (χ4n) is 1.98. The van der Waals surface area contributed by atoms with Crippen LogP contribution in [0.25, 0.3) is 0 Å². The molecule has 1 fully saturated rings. The Hall–Kier alpha value is -0.370. The quantitative estimate of drug-likeness (QED) is 0.497. The molecule has 2 N–H and O–H groups in total. The molecule has 0 bridgehead atoms. The highest BCUT2D eigenvalue weighted by molar-refractivity contribution is 14.0. The van der Waals surface area contributed by atoms with Crippen LogP contribution >= 0.6 is 35.3 Å². The molecule has 1 saturated heterocycles. The van der Waals surface area contributed by atoms with Crippen LogP contribution in [0.15, 0.2) is 16.6 Å². The highest BCUT2D eigenvalue weighted by Gasteiger charge is 2.17. The molecule has 1 aromatic rings. The fourth-order valence-corrected chi connectivity index (χ4v) is 2.52. The second-order valence-corrected chi connectivity index (χ2v) is 5.27. The van der Waals surface area contributed by atoms with E-state index in [0.717, 1.165) is 24.0 Å². The third-order valence-corrected chi connectivity index (χ3v) is 3.61. The third-order valence-electron chi connectivity index (χ3n) is 2.84. The van der Waals surface area contributed by atoms with Gasteiger partial charge in [-0.15, -0.1) is 35.3 Å². The number of likely N-dealkylation sites (tertiary alicyclic amines) is 1. The Morgan fingerprint density at radius 3 is 3.18 bits per heavy atom. The number of piperidine rings is 1. The summed E-state index contributed by atoms with van der Waals surface area (Å²) in [6.07, 6.45) is 4.32. The highest BCUT2D eigenvalue weighted by Crippen LogP contribution is 2.15. The molecule has 0 spiro atoms. The lowest BCUT2D eigenvalue weighted by Crippen LogP contribution is -2.43. The van der Waals surface area contributed by atoms with Gasteiger partial charge >= 0.3 is 0 Å². The summed E-state index contributed by atoms with van der Waals surface area (Å²) >= 11 is 1.62. The van der Waals surface area contributed by atoms with Crippen LogP contribution in [0, 0.1) is 5.92 Å². The van der Waals surface area contributed by atoms with Gasteiger partial charge in [0.1, 0.15) is 5.01 Å². The van der Waals surface area contributed by atoms with Crippen LogP contribution in [-0.2, 0) is 6.54 Å². The maximum Gasteiger partial charge on any atom is 0.191 e. The minimum atomic E-state index is 0. The van der Waals surface area contributed by atoms with Crippen LogP contribution in [-0.4, -0.2) is 28.9 Å². The van der Waals surface area contributed by atoms with Crippen molar-refractivity contribution < 1.29 is 0 Å². The Balaban J connectivity index is 0.00000144. The van der Waals surface area contributed by atoms with E-state index in [1.807, 2.05) is 5.38 Å². The van der Waals surface area contributed by atoms with Gasteiger partial charge in [0.15, 0.2) is 5.96 Å². The smallest absolute Gasteiger partial charge is 0.191 e. The summed E-state index contributed by atoms with van der Waals surface area (Å²) in [6.45, 7) is 4.94. The van der Waals surface area contributed by atoms with Gasteiger partial charge in [0.05, 0.1) is 6.54 Å². The molecule has 2 heterocycles. The molecule has 96 valence electrons. The van der Waals surface area contributed by atoms with Gasteiger partial charge in [-0.05, 0) is 18.8 Å². The lowest BCUT2D eigenvalue weighted by molar-refractivity contribution is 0.270. The number of guanidine groups is 1. The van der Waals surface area contributed by atoms with E-state index >= 15 is 0 Å². The Bertz CT molecular complexity index is 352.